The van der Waals surface area contributed by atoms with Crippen LogP contribution in [0.4, 0.5) is 0 Å². The van der Waals surface area contributed by atoms with E-state index in [2.05, 4.69) is 6.58 Å². The lowest BCUT2D eigenvalue weighted by atomic mass is 9.91. The Morgan fingerprint density at radius 3 is 1.46 bits per heavy atom. The predicted molar refractivity (Wildman–Crippen MR) is 213 cm³/mol. The minimum atomic E-state index is -1.59. The smallest absolute Gasteiger partial charge is 0.217 e. The zero-order chi connectivity index (χ0) is 39.9. The number of hydrogen-bond donors (Lipinski definition) is 0. The van der Waals surface area contributed by atoms with Gasteiger partial charge in [0.1, 0.15) is 48.8 Å². The highest BCUT2D eigenvalue weighted by Crippen LogP contribution is 2.40. The van der Waals surface area contributed by atoms with Gasteiger partial charge in [0.2, 0.25) is 5.79 Å². The molecule has 0 bridgehead atoms. The summed E-state index contributed by atoms with van der Waals surface area (Å²) in [4.78, 5) is 0. The average molecular weight is 785 g/mol. The van der Waals surface area contributed by atoms with Gasteiger partial charge < -0.3 is 52.1 Å². The van der Waals surface area contributed by atoms with E-state index in [-0.39, 0.29) is 26.4 Å². The van der Waals surface area contributed by atoms with Crippen molar-refractivity contribution in [3.63, 3.8) is 0 Å². The molecule has 11 nitrogen and oxygen atoms in total. The third-order valence-corrected chi connectivity index (χ3v) is 10.4. The van der Waals surface area contributed by atoms with Gasteiger partial charge in [0.05, 0.1) is 39.6 Å². The van der Waals surface area contributed by atoms with Crippen molar-refractivity contribution in [3.8, 4) is 0 Å². The zero-order valence-corrected chi connectivity index (χ0v) is 33.3. The Morgan fingerprint density at radius 1 is 0.509 bits per heavy atom. The van der Waals surface area contributed by atoms with Crippen LogP contribution in [-0.4, -0.2) is 103 Å². The van der Waals surface area contributed by atoms with Crippen LogP contribution < -0.4 is 0 Å². The molecule has 57 heavy (non-hydrogen) atoms. The van der Waals surface area contributed by atoms with Gasteiger partial charge in [-0.25, -0.2) is 0 Å². The summed E-state index contributed by atoms with van der Waals surface area (Å²) in [5, 5.41) is 0. The zero-order valence-electron chi connectivity index (χ0n) is 33.3. The van der Waals surface area contributed by atoms with Gasteiger partial charge in [-0.05, 0) is 28.3 Å². The van der Waals surface area contributed by atoms with Crippen LogP contribution in [0.2, 0.25) is 0 Å². The third-order valence-electron chi connectivity index (χ3n) is 10.4. The van der Waals surface area contributed by atoms with Crippen molar-refractivity contribution >= 4 is 0 Å². The molecule has 0 aliphatic carbocycles. The van der Waals surface area contributed by atoms with Crippen molar-refractivity contribution in [2.75, 3.05) is 41.7 Å². The maximum Gasteiger partial charge on any atom is 0.217 e. The summed E-state index contributed by atoms with van der Waals surface area (Å²) in [6.45, 7) is 5.56. The fourth-order valence-electron chi connectivity index (χ4n) is 7.42. The summed E-state index contributed by atoms with van der Waals surface area (Å²) >= 11 is 0. The van der Waals surface area contributed by atoms with Crippen molar-refractivity contribution < 1.29 is 52.1 Å². The van der Waals surface area contributed by atoms with Crippen molar-refractivity contribution in [2.45, 2.75) is 87.3 Å². The van der Waals surface area contributed by atoms with Gasteiger partial charge in [0, 0.05) is 28.4 Å². The highest BCUT2D eigenvalue weighted by molar-refractivity contribution is 5.18. The van der Waals surface area contributed by atoms with Gasteiger partial charge in [-0.2, -0.15) is 0 Å². The fourth-order valence-corrected chi connectivity index (χ4v) is 7.42. The Bertz CT molecular complexity index is 1720. The van der Waals surface area contributed by atoms with Crippen LogP contribution in [-0.2, 0) is 78.5 Å². The van der Waals surface area contributed by atoms with Gasteiger partial charge in [-0.15, -0.1) is 0 Å². The highest BCUT2D eigenvalue weighted by atomic mass is 16.8. The molecule has 4 aromatic carbocycles. The minimum absolute atomic E-state index is 0.0234. The van der Waals surface area contributed by atoms with E-state index in [1.807, 2.05) is 121 Å². The Kier molecular flexibility index (Phi) is 16.4. The summed E-state index contributed by atoms with van der Waals surface area (Å²) in [5.41, 5.74) is 3.96. The topological polar surface area (TPSA) is 102 Å². The molecule has 11 heteroatoms. The number of methoxy groups -OCH3 is 4. The van der Waals surface area contributed by atoms with E-state index in [1.54, 1.807) is 34.5 Å². The first kappa shape index (κ1) is 42.8. The standard InChI is InChI=1S/C46H56O11/c1-6-46(55-32-37-39(47-2)41(48-3)43(49-4)45(50-5)56-37)44(54-30-36-25-17-10-18-26-36)42(53-29-35-23-15-9-16-24-35)40(52-28-34-21-13-8-14-22-34)38(57-46)31-51-27-33-19-11-7-12-20-33/h6-26,37-45H,1,27-32H2,2-5H3/t37-,38-,39-,40-,41+,42+,43-,44-,45+,46+/m1/s1. The lowest BCUT2D eigenvalue weighted by molar-refractivity contribution is -0.375. The quantitative estimate of drug-likeness (QED) is 0.0847. The maximum atomic E-state index is 7.08. The molecule has 0 spiro atoms. The number of hydrogen-bond acceptors (Lipinski definition) is 11. The normalized spacial score (nSPS) is 28.9. The molecule has 0 N–H and O–H groups in total. The molecule has 2 aliphatic heterocycles. The van der Waals surface area contributed by atoms with Crippen LogP contribution >= 0.6 is 0 Å². The first-order chi connectivity index (χ1) is 28.0. The molecule has 2 aliphatic rings. The molecule has 306 valence electrons. The molecule has 0 aromatic heterocycles. The van der Waals surface area contributed by atoms with E-state index < -0.39 is 60.9 Å². The Hall–Kier alpha value is -3.82. The summed E-state index contributed by atoms with van der Waals surface area (Å²) < 4.78 is 70.7. The highest BCUT2D eigenvalue weighted by Gasteiger charge is 2.58. The Balaban J connectivity index is 1.37. The van der Waals surface area contributed by atoms with E-state index in [9.17, 15) is 0 Å². The van der Waals surface area contributed by atoms with Crippen LogP contribution in [0.5, 0.6) is 0 Å². The molecule has 2 fully saturated rings. The Labute approximate surface area is 336 Å². The molecule has 0 saturated carbocycles. The lowest BCUT2D eigenvalue weighted by Crippen LogP contribution is -2.68. The van der Waals surface area contributed by atoms with Gasteiger partial charge in [-0.1, -0.05) is 128 Å². The molecule has 6 rings (SSSR count). The van der Waals surface area contributed by atoms with Crippen molar-refractivity contribution in [1.29, 1.82) is 0 Å². The monoisotopic (exact) mass is 784 g/mol. The second-order valence-corrected chi connectivity index (χ2v) is 14.0. The van der Waals surface area contributed by atoms with Crippen LogP contribution in [0.25, 0.3) is 0 Å². The van der Waals surface area contributed by atoms with Crippen LogP contribution in [0, 0.1) is 0 Å². The van der Waals surface area contributed by atoms with Gasteiger partial charge in [-0.3, -0.25) is 0 Å². The van der Waals surface area contributed by atoms with E-state index in [1.165, 1.54) is 0 Å². The molecular formula is C46H56O11. The summed E-state index contributed by atoms with van der Waals surface area (Å²) in [5.74, 6) is -1.59. The molecule has 0 unspecified atom stereocenters. The number of benzene rings is 4. The average Bonchev–Trinajstić information content (AvgIpc) is 3.27. The van der Waals surface area contributed by atoms with Crippen LogP contribution in [0.15, 0.2) is 134 Å². The van der Waals surface area contributed by atoms with E-state index >= 15 is 0 Å². The van der Waals surface area contributed by atoms with Crippen molar-refractivity contribution in [3.05, 3.63) is 156 Å². The van der Waals surface area contributed by atoms with Crippen molar-refractivity contribution in [1.82, 2.24) is 0 Å². The second kappa shape index (κ2) is 21.8. The van der Waals surface area contributed by atoms with E-state index in [0.717, 1.165) is 22.3 Å². The summed E-state index contributed by atoms with van der Waals surface area (Å²) in [7, 11) is 6.34. The molecule has 4 aromatic rings. The maximum absolute atomic E-state index is 7.08. The Morgan fingerprint density at radius 2 is 0.982 bits per heavy atom. The van der Waals surface area contributed by atoms with Gasteiger partial charge in [0.15, 0.2) is 6.29 Å². The molecule has 10 atom stereocenters. The fraction of sp³-hybridized carbons (Fsp3) is 0.435. The van der Waals surface area contributed by atoms with Gasteiger partial charge >= 0.3 is 0 Å². The molecule has 0 amide bonds. The lowest BCUT2D eigenvalue weighted by Gasteiger charge is -2.52. The van der Waals surface area contributed by atoms with E-state index in [4.69, 9.17) is 52.1 Å². The molecular weight excluding hydrogens is 728 g/mol. The largest absolute Gasteiger partial charge is 0.376 e. The molecule has 0 radical (unpaired) electrons. The van der Waals surface area contributed by atoms with Gasteiger partial charge in [0.25, 0.3) is 0 Å². The van der Waals surface area contributed by atoms with Crippen LogP contribution in [0.1, 0.15) is 22.3 Å². The number of rotatable bonds is 21. The SMILES string of the molecule is C=C[C@]1(OC[C@H]2O[C@H](OC)[C@H](OC)[C@@H](OC)[C@@H]2OC)O[C@H](COCc2ccccc2)[C@@H](OCc2ccccc2)[C@H](OCc2ccccc2)[C@H]1OCc1ccccc1. The first-order valence-electron chi connectivity index (χ1n) is 19.3. The summed E-state index contributed by atoms with van der Waals surface area (Å²) in [6, 6.07) is 39.9. The second-order valence-electron chi connectivity index (χ2n) is 14.0. The predicted octanol–water partition coefficient (Wildman–Crippen LogP) is 6.67. The minimum Gasteiger partial charge on any atom is -0.376 e. The summed E-state index contributed by atoms with van der Waals surface area (Å²) in [6.07, 6.45) is -4.46. The molecule has 2 saturated heterocycles. The number of ether oxygens (including phenoxy) is 11. The van der Waals surface area contributed by atoms with E-state index in [0.29, 0.717) is 13.2 Å². The first-order valence-corrected chi connectivity index (χ1v) is 19.3. The molecule has 2 heterocycles. The van der Waals surface area contributed by atoms with Crippen molar-refractivity contribution in [2.24, 2.45) is 0 Å². The third kappa shape index (κ3) is 11.0. The van der Waals surface area contributed by atoms with Crippen LogP contribution in [0.3, 0.4) is 0 Å².